The number of esters is 1. The van der Waals surface area contributed by atoms with Gasteiger partial charge >= 0.3 is 5.97 Å². The van der Waals surface area contributed by atoms with Gasteiger partial charge in [0.1, 0.15) is 0 Å². The maximum Gasteiger partial charge on any atom is 0.305 e. The summed E-state index contributed by atoms with van der Waals surface area (Å²) in [7, 11) is 4.20. The fourth-order valence-electron chi connectivity index (χ4n) is 7.90. The quantitative estimate of drug-likeness (QED) is 0.0461. The van der Waals surface area contributed by atoms with Gasteiger partial charge in [-0.3, -0.25) is 9.59 Å². The van der Waals surface area contributed by atoms with Crippen molar-refractivity contribution in [1.82, 2.24) is 9.80 Å². The number of amides is 1. The summed E-state index contributed by atoms with van der Waals surface area (Å²) in [6.45, 7) is 11.6. The molecule has 0 fully saturated rings. The molecule has 5 nitrogen and oxygen atoms in total. The van der Waals surface area contributed by atoms with Crippen molar-refractivity contribution in [2.24, 2.45) is 5.92 Å². The lowest BCUT2D eigenvalue weighted by atomic mass is 9.95. The summed E-state index contributed by atoms with van der Waals surface area (Å²) in [5.41, 5.74) is 0. The first-order chi connectivity index (χ1) is 25.9. The van der Waals surface area contributed by atoms with Gasteiger partial charge in [-0.15, -0.1) is 0 Å². The summed E-state index contributed by atoms with van der Waals surface area (Å²) in [4.78, 5) is 31.3. The van der Waals surface area contributed by atoms with E-state index in [0.29, 0.717) is 37.3 Å². The van der Waals surface area contributed by atoms with Crippen LogP contribution < -0.4 is 0 Å². The second kappa shape index (κ2) is 40.6. The molecular formula is C48H96N2O3. The molecule has 0 aromatic rings. The highest BCUT2D eigenvalue weighted by atomic mass is 16.5. The summed E-state index contributed by atoms with van der Waals surface area (Å²) in [6.07, 6.45) is 42.3. The Hall–Kier alpha value is -1.10. The summed E-state index contributed by atoms with van der Waals surface area (Å²) < 4.78 is 5.94. The highest BCUT2D eigenvalue weighted by molar-refractivity contribution is 5.76. The van der Waals surface area contributed by atoms with E-state index in [9.17, 15) is 9.59 Å². The number of carbonyl (C=O) groups is 2. The molecule has 0 radical (unpaired) electrons. The summed E-state index contributed by atoms with van der Waals surface area (Å²) in [6, 6.07) is 0.298. The zero-order chi connectivity index (χ0) is 39.0. The van der Waals surface area contributed by atoms with E-state index < -0.39 is 0 Å². The molecule has 316 valence electrons. The highest BCUT2D eigenvalue weighted by Gasteiger charge is 2.23. The number of unbranched alkanes of at least 4 members (excludes halogenated alkanes) is 23. The third kappa shape index (κ3) is 35.1. The predicted molar refractivity (Wildman–Crippen MR) is 233 cm³/mol. The van der Waals surface area contributed by atoms with E-state index in [4.69, 9.17) is 4.74 Å². The van der Waals surface area contributed by atoms with Gasteiger partial charge in [0.25, 0.3) is 0 Å². The minimum atomic E-state index is -0.0123. The van der Waals surface area contributed by atoms with Crippen molar-refractivity contribution in [3.63, 3.8) is 0 Å². The number of rotatable bonds is 42. The first kappa shape index (κ1) is 51.9. The number of nitrogens with zero attached hydrogens (tertiary/aromatic N) is 2. The first-order valence-corrected chi connectivity index (χ1v) is 24.0. The van der Waals surface area contributed by atoms with Crippen LogP contribution in [0.15, 0.2) is 0 Å². The average Bonchev–Trinajstić information content (AvgIpc) is 3.14. The van der Waals surface area contributed by atoms with Crippen LogP contribution in [-0.2, 0) is 14.3 Å². The van der Waals surface area contributed by atoms with Gasteiger partial charge < -0.3 is 14.5 Å². The van der Waals surface area contributed by atoms with E-state index in [1.165, 1.54) is 173 Å². The van der Waals surface area contributed by atoms with Crippen molar-refractivity contribution < 1.29 is 14.3 Å². The molecule has 0 aromatic carbocycles. The van der Waals surface area contributed by atoms with E-state index in [0.717, 1.165) is 51.6 Å². The van der Waals surface area contributed by atoms with Gasteiger partial charge in [-0.2, -0.15) is 0 Å². The lowest BCUT2D eigenvalue weighted by molar-refractivity contribution is -0.145. The zero-order valence-corrected chi connectivity index (χ0v) is 37.1. The molecule has 0 aliphatic heterocycles. The SMILES string of the molecule is CCCCCCCCCCC(CCCCC(=O)OCC(CCCCCC)CCCCCCCC)N(CCCCCCCCCC)C(=O)CCCN(C)C. The molecule has 0 bridgehead atoms. The Labute approximate surface area is 333 Å². The summed E-state index contributed by atoms with van der Waals surface area (Å²) in [5.74, 6) is 0.859. The third-order valence-electron chi connectivity index (χ3n) is 11.5. The van der Waals surface area contributed by atoms with Crippen molar-refractivity contribution in [2.45, 2.75) is 258 Å². The summed E-state index contributed by atoms with van der Waals surface area (Å²) >= 11 is 0. The lowest BCUT2D eigenvalue weighted by Crippen LogP contribution is -2.41. The molecule has 5 heteroatoms. The van der Waals surface area contributed by atoms with Crippen LogP contribution in [0, 0.1) is 5.92 Å². The van der Waals surface area contributed by atoms with Crippen LogP contribution in [0.2, 0.25) is 0 Å². The smallest absolute Gasteiger partial charge is 0.305 e. The van der Waals surface area contributed by atoms with Crippen molar-refractivity contribution in [2.75, 3.05) is 33.8 Å². The number of hydrogen-bond acceptors (Lipinski definition) is 4. The van der Waals surface area contributed by atoms with Gasteiger partial charge in [0.15, 0.2) is 0 Å². The van der Waals surface area contributed by atoms with Crippen LogP contribution in [0.1, 0.15) is 252 Å². The molecule has 0 spiro atoms. The van der Waals surface area contributed by atoms with E-state index in [2.05, 4.69) is 51.6 Å². The second-order valence-corrected chi connectivity index (χ2v) is 17.1. The Bertz CT molecular complexity index is 772. The summed E-state index contributed by atoms with van der Waals surface area (Å²) in [5, 5.41) is 0. The van der Waals surface area contributed by atoms with Crippen LogP contribution in [0.25, 0.3) is 0 Å². The molecular weight excluding hydrogens is 653 g/mol. The predicted octanol–water partition coefficient (Wildman–Crippen LogP) is 14.6. The van der Waals surface area contributed by atoms with Crippen molar-refractivity contribution >= 4 is 11.9 Å². The minimum absolute atomic E-state index is 0.0123. The van der Waals surface area contributed by atoms with E-state index >= 15 is 0 Å². The molecule has 0 saturated heterocycles. The fraction of sp³-hybridized carbons (Fsp3) is 0.958. The molecule has 0 saturated carbocycles. The van der Waals surface area contributed by atoms with Crippen LogP contribution in [-0.4, -0.2) is 61.5 Å². The molecule has 1 amide bonds. The van der Waals surface area contributed by atoms with Gasteiger partial charge in [0.2, 0.25) is 5.91 Å². The van der Waals surface area contributed by atoms with Crippen molar-refractivity contribution in [1.29, 1.82) is 0 Å². The standard InChI is InChI=1S/C48H96N2O3/c1-7-11-15-19-22-24-27-31-38-46(50(47(51)40-35-42-49(5)6)43-34-28-25-23-20-16-12-8-2)39-32-33-41-48(52)53-44-45(36-29-18-14-10-4)37-30-26-21-17-13-9-3/h45-46H,7-44H2,1-6H3. The Kier molecular flexibility index (Phi) is 39.7. The third-order valence-corrected chi connectivity index (χ3v) is 11.5. The monoisotopic (exact) mass is 749 g/mol. The Morgan fingerprint density at radius 1 is 0.434 bits per heavy atom. The molecule has 53 heavy (non-hydrogen) atoms. The largest absolute Gasteiger partial charge is 0.465 e. The first-order valence-electron chi connectivity index (χ1n) is 24.0. The molecule has 2 unspecified atom stereocenters. The van der Waals surface area contributed by atoms with Crippen LogP contribution >= 0.6 is 0 Å². The number of hydrogen-bond donors (Lipinski definition) is 0. The molecule has 2 atom stereocenters. The molecule has 0 heterocycles. The average molecular weight is 749 g/mol. The Morgan fingerprint density at radius 2 is 0.830 bits per heavy atom. The molecule has 0 rings (SSSR count). The lowest BCUT2D eigenvalue weighted by Gasteiger charge is -2.33. The number of ether oxygens (including phenoxy) is 1. The molecule has 0 N–H and O–H groups in total. The van der Waals surface area contributed by atoms with Gasteiger partial charge in [-0.1, -0.05) is 195 Å². The van der Waals surface area contributed by atoms with E-state index in [-0.39, 0.29) is 5.97 Å². The van der Waals surface area contributed by atoms with Gasteiger partial charge in [-0.25, -0.2) is 0 Å². The number of carbonyl (C=O) groups excluding carboxylic acids is 2. The molecule has 0 aliphatic carbocycles. The van der Waals surface area contributed by atoms with Crippen molar-refractivity contribution in [3.8, 4) is 0 Å². The molecule has 0 aromatic heterocycles. The van der Waals surface area contributed by atoms with Gasteiger partial charge in [0, 0.05) is 25.4 Å². The van der Waals surface area contributed by atoms with Gasteiger partial charge in [0.05, 0.1) is 6.61 Å². The van der Waals surface area contributed by atoms with Crippen molar-refractivity contribution in [3.05, 3.63) is 0 Å². The molecule has 0 aliphatic rings. The van der Waals surface area contributed by atoms with Gasteiger partial charge in [-0.05, 0) is 71.5 Å². The van der Waals surface area contributed by atoms with Crippen LogP contribution in [0.4, 0.5) is 0 Å². The zero-order valence-electron chi connectivity index (χ0n) is 37.1. The Balaban J connectivity index is 5.19. The van der Waals surface area contributed by atoms with E-state index in [1.54, 1.807) is 0 Å². The van der Waals surface area contributed by atoms with Crippen LogP contribution in [0.3, 0.4) is 0 Å². The maximum atomic E-state index is 13.8. The second-order valence-electron chi connectivity index (χ2n) is 17.1. The minimum Gasteiger partial charge on any atom is -0.465 e. The fourth-order valence-corrected chi connectivity index (χ4v) is 7.90. The van der Waals surface area contributed by atoms with Crippen LogP contribution in [0.5, 0.6) is 0 Å². The topological polar surface area (TPSA) is 49.9 Å². The Morgan fingerprint density at radius 3 is 1.30 bits per heavy atom. The normalized spacial score (nSPS) is 12.7. The van der Waals surface area contributed by atoms with E-state index in [1.807, 2.05) is 0 Å². The highest BCUT2D eigenvalue weighted by Crippen LogP contribution is 2.23. The maximum absolute atomic E-state index is 13.8.